The minimum Gasteiger partial charge on any atom is -0.381 e. The highest BCUT2D eigenvalue weighted by Crippen LogP contribution is 2.57. The van der Waals surface area contributed by atoms with Crippen LogP contribution in [0.1, 0.15) is 0 Å². The summed E-state index contributed by atoms with van der Waals surface area (Å²) in [6.07, 6.45) is 0. The van der Waals surface area contributed by atoms with Gasteiger partial charge in [-0.1, -0.05) is 80.3 Å². The monoisotopic (exact) mass is 470 g/mol. The van der Waals surface area contributed by atoms with E-state index >= 15 is 0 Å². The lowest BCUT2D eigenvalue weighted by atomic mass is 10.4. The molecule has 0 aliphatic rings. The number of benzene rings is 2. The van der Waals surface area contributed by atoms with Crippen LogP contribution in [-0.2, 0) is 9.30 Å². The van der Waals surface area contributed by atoms with Gasteiger partial charge in [-0.05, 0) is 27.8 Å². The highest BCUT2D eigenvalue weighted by molar-refractivity contribution is 14.1. The zero-order valence-electron chi connectivity index (χ0n) is 14.6. The second-order valence-electron chi connectivity index (χ2n) is 6.73. The van der Waals surface area contributed by atoms with Gasteiger partial charge in [0.25, 0.3) is 0 Å². The fourth-order valence-corrected chi connectivity index (χ4v) is 11.9. The Labute approximate surface area is 159 Å². The molecule has 0 aliphatic carbocycles. The standard InChI is InChI=1S/C19H24IO2PSi/c1-22-15-18(24(2,3)4)19(20)23(21,16-11-7-5-8-12-16)17-13-9-6-10-14-17/h5-14H,15H2,1-4H3/b19-18+. The topological polar surface area (TPSA) is 26.3 Å². The first-order chi connectivity index (χ1) is 11.3. The van der Waals surface area contributed by atoms with E-state index in [2.05, 4.69) is 42.2 Å². The zero-order valence-corrected chi connectivity index (χ0v) is 18.7. The Morgan fingerprint density at radius 3 is 1.71 bits per heavy atom. The molecule has 2 nitrogen and oxygen atoms in total. The third-order valence-corrected chi connectivity index (χ3v) is 12.4. The summed E-state index contributed by atoms with van der Waals surface area (Å²) in [5, 5.41) is 2.99. The first-order valence-electron chi connectivity index (χ1n) is 7.91. The van der Waals surface area contributed by atoms with Gasteiger partial charge in [-0.15, -0.1) is 0 Å². The molecule has 24 heavy (non-hydrogen) atoms. The normalized spacial score (nSPS) is 13.5. The molecule has 0 heterocycles. The first kappa shape index (κ1) is 19.6. The first-order valence-corrected chi connectivity index (χ1v) is 14.2. The molecule has 0 bridgehead atoms. The molecule has 5 heteroatoms. The van der Waals surface area contributed by atoms with Crippen LogP contribution in [-0.4, -0.2) is 21.8 Å². The average Bonchev–Trinajstić information content (AvgIpc) is 2.59. The summed E-state index contributed by atoms with van der Waals surface area (Å²) >= 11 is 2.31. The summed E-state index contributed by atoms with van der Waals surface area (Å²) in [5.41, 5.74) is 0. The number of rotatable bonds is 6. The summed E-state index contributed by atoms with van der Waals surface area (Å²) in [5.74, 6) is 0. The van der Waals surface area contributed by atoms with Gasteiger partial charge in [0.05, 0.1) is 18.0 Å². The summed E-state index contributed by atoms with van der Waals surface area (Å²) in [7, 11) is -2.84. The van der Waals surface area contributed by atoms with E-state index in [0.717, 1.165) is 13.9 Å². The fraction of sp³-hybridized carbons (Fsp3) is 0.263. The van der Waals surface area contributed by atoms with Crippen LogP contribution in [0.3, 0.4) is 0 Å². The molecule has 2 aromatic rings. The molecule has 2 rings (SSSR count). The average molecular weight is 470 g/mol. The molecule has 128 valence electrons. The molecule has 0 atom stereocenters. The van der Waals surface area contributed by atoms with Crippen LogP contribution in [0.5, 0.6) is 0 Å². The van der Waals surface area contributed by atoms with Crippen molar-refractivity contribution in [2.45, 2.75) is 19.6 Å². The van der Waals surface area contributed by atoms with Gasteiger partial charge in [-0.25, -0.2) is 0 Å². The molecule has 0 fully saturated rings. The van der Waals surface area contributed by atoms with E-state index < -0.39 is 15.2 Å². The van der Waals surface area contributed by atoms with Crippen LogP contribution in [0.2, 0.25) is 19.6 Å². The van der Waals surface area contributed by atoms with E-state index in [0.29, 0.717) is 6.61 Å². The van der Waals surface area contributed by atoms with Gasteiger partial charge in [-0.2, -0.15) is 0 Å². The fourth-order valence-electron chi connectivity index (χ4n) is 2.57. The second kappa shape index (κ2) is 8.13. The van der Waals surface area contributed by atoms with Crippen molar-refractivity contribution in [1.29, 1.82) is 0 Å². The van der Waals surface area contributed by atoms with Crippen molar-refractivity contribution < 1.29 is 9.30 Å². The third-order valence-electron chi connectivity index (χ3n) is 3.96. The van der Waals surface area contributed by atoms with Crippen LogP contribution in [0.4, 0.5) is 0 Å². The summed E-state index contributed by atoms with van der Waals surface area (Å²) in [6, 6.07) is 19.6. The summed E-state index contributed by atoms with van der Waals surface area (Å²) in [6.45, 7) is 7.37. The maximum absolute atomic E-state index is 14.4. The Morgan fingerprint density at radius 2 is 1.38 bits per heavy atom. The SMILES string of the molecule is COC/C(=C(/I)P(=O)(c1ccccc1)c1ccccc1)[Si](C)(C)C. The van der Waals surface area contributed by atoms with E-state index in [1.54, 1.807) is 7.11 Å². The Bertz CT molecular complexity index is 708. The Morgan fingerprint density at radius 1 is 0.958 bits per heavy atom. The van der Waals surface area contributed by atoms with Gasteiger partial charge in [-0.3, -0.25) is 0 Å². The number of halogens is 1. The molecule has 0 N–H and O–H groups in total. The molecular formula is C19H24IO2PSi. The minimum atomic E-state index is -2.88. The smallest absolute Gasteiger partial charge is 0.176 e. The molecule has 2 aromatic carbocycles. The van der Waals surface area contributed by atoms with Crippen molar-refractivity contribution in [2.75, 3.05) is 13.7 Å². The molecule has 0 saturated carbocycles. The molecule has 0 amide bonds. The van der Waals surface area contributed by atoms with Gasteiger partial charge in [0.1, 0.15) is 0 Å². The van der Waals surface area contributed by atoms with Crippen LogP contribution >= 0.6 is 29.7 Å². The Hall–Kier alpha value is -0.683. The van der Waals surface area contributed by atoms with Crippen LogP contribution in [0, 0.1) is 0 Å². The molecule has 0 saturated heterocycles. The van der Waals surface area contributed by atoms with E-state index in [4.69, 9.17) is 4.74 Å². The highest BCUT2D eigenvalue weighted by Gasteiger charge is 2.35. The Balaban J connectivity index is 2.79. The summed E-state index contributed by atoms with van der Waals surface area (Å²) in [4.78, 5) is 0. The lowest BCUT2D eigenvalue weighted by molar-refractivity contribution is 0.230. The van der Waals surface area contributed by atoms with Gasteiger partial charge >= 0.3 is 0 Å². The minimum absolute atomic E-state index is 0.539. The van der Waals surface area contributed by atoms with E-state index in [9.17, 15) is 4.57 Å². The number of hydrogen-bond donors (Lipinski definition) is 0. The second-order valence-corrected chi connectivity index (χ2v) is 16.5. The third kappa shape index (κ3) is 4.10. The van der Waals surface area contributed by atoms with Gasteiger partial charge < -0.3 is 9.30 Å². The molecule has 0 unspecified atom stereocenters. The van der Waals surface area contributed by atoms with Crippen molar-refractivity contribution in [3.63, 3.8) is 0 Å². The van der Waals surface area contributed by atoms with Crippen molar-refractivity contribution in [2.24, 2.45) is 0 Å². The molecule has 0 spiro atoms. The van der Waals surface area contributed by atoms with Crippen molar-refractivity contribution >= 4 is 48.4 Å². The van der Waals surface area contributed by atoms with Gasteiger partial charge in [0, 0.05) is 17.7 Å². The molecule has 0 radical (unpaired) electrons. The van der Waals surface area contributed by atoms with Gasteiger partial charge in [0.15, 0.2) is 7.14 Å². The molecule has 0 aliphatic heterocycles. The number of methoxy groups -OCH3 is 1. The summed E-state index contributed by atoms with van der Waals surface area (Å²) < 4.78 is 20.8. The van der Waals surface area contributed by atoms with Crippen LogP contribution in [0.15, 0.2) is 69.2 Å². The van der Waals surface area contributed by atoms with Crippen molar-refractivity contribution in [3.05, 3.63) is 69.2 Å². The van der Waals surface area contributed by atoms with Gasteiger partial charge in [0.2, 0.25) is 0 Å². The predicted octanol–water partition coefficient (Wildman–Crippen LogP) is 5.17. The van der Waals surface area contributed by atoms with E-state index in [-0.39, 0.29) is 0 Å². The largest absolute Gasteiger partial charge is 0.381 e. The maximum Gasteiger partial charge on any atom is 0.176 e. The molecule has 0 aromatic heterocycles. The van der Waals surface area contributed by atoms with E-state index in [1.807, 2.05) is 60.7 Å². The molecular weight excluding hydrogens is 446 g/mol. The lowest BCUT2D eigenvalue weighted by Gasteiger charge is -2.27. The zero-order chi connectivity index (χ0) is 17.8. The van der Waals surface area contributed by atoms with Crippen molar-refractivity contribution in [1.82, 2.24) is 0 Å². The lowest BCUT2D eigenvalue weighted by Crippen LogP contribution is -2.29. The highest BCUT2D eigenvalue weighted by atomic mass is 127. The van der Waals surface area contributed by atoms with Crippen LogP contribution < -0.4 is 10.6 Å². The quantitative estimate of drug-likeness (QED) is 0.331. The predicted molar refractivity (Wildman–Crippen MR) is 116 cm³/mol. The number of hydrogen-bond acceptors (Lipinski definition) is 2. The Kier molecular flexibility index (Phi) is 6.65. The van der Waals surface area contributed by atoms with Crippen LogP contribution in [0.25, 0.3) is 0 Å². The number of ether oxygens (including phenoxy) is 1. The van der Waals surface area contributed by atoms with E-state index in [1.165, 1.54) is 5.20 Å². The van der Waals surface area contributed by atoms with Crippen molar-refractivity contribution in [3.8, 4) is 0 Å². The maximum atomic E-state index is 14.4.